The summed E-state index contributed by atoms with van der Waals surface area (Å²) in [7, 11) is 0. The maximum Gasteiger partial charge on any atom is 0.254 e. The van der Waals surface area contributed by atoms with Crippen molar-refractivity contribution in [1.29, 1.82) is 0 Å². The van der Waals surface area contributed by atoms with E-state index in [9.17, 15) is 9.18 Å². The van der Waals surface area contributed by atoms with Crippen LogP contribution in [0.15, 0.2) is 23.1 Å². The van der Waals surface area contributed by atoms with Crippen LogP contribution in [0.2, 0.25) is 0 Å². The number of hydrogen-bond acceptors (Lipinski definition) is 2. The van der Waals surface area contributed by atoms with E-state index in [4.69, 9.17) is 0 Å². The topological polar surface area (TPSA) is 29.1 Å². The summed E-state index contributed by atoms with van der Waals surface area (Å²) < 4.78 is 13.3. The van der Waals surface area contributed by atoms with Gasteiger partial charge in [0.1, 0.15) is 5.82 Å². The van der Waals surface area contributed by atoms with E-state index in [-0.39, 0.29) is 11.5 Å². The molecule has 4 heteroatoms. The van der Waals surface area contributed by atoms with E-state index in [0.717, 1.165) is 6.42 Å². The van der Waals surface area contributed by atoms with Gasteiger partial charge in [-0.05, 0) is 30.5 Å². The van der Waals surface area contributed by atoms with Crippen molar-refractivity contribution in [3.8, 4) is 0 Å². The molecule has 1 N–H and O–H groups in total. The zero-order valence-corrected chi connectivity index (χ0v) is 10.4. The van der Waals surface area contributed by atoms with Gasteiger partial charge in [0, 0.05) is 11.4 Å². The van der Waals surface area contributed by atoms with Gasteiger partial charge in [0.2, 0.25) is 0 Å². The van der Waals surface area contributed by atoms with Crippen LogP contribution in [0.25, 0.3) is 0 Å². The molecule has 1 rings (SSSR count). The number of rotatable bonds is 4. The van der Waals surface area contributed by atoms with Gasteiger partial charge in [-0.1, -0.05) is 13.8 Å². The molecule has 16 heavy (non-hydrogen) atoms. The van der Waals surface area contributed by atoms with E-state index in [2.05, 4.69) is 31.8 Å². The Kier molecular flexibility index (Phi) is 4.80. The normalized spacial score (nSPS) is 10.6. The quantitative estimate of drug-likeness (QED) is 0.780. The van der Waals surface area contributed by atoms with Crippen LogP contribution in [0.1, 0.15) is 30.6 Å². The molecule has 0 aliphatic heterocycles. The number of amides is 1. The predicted octanol–water partition coefficient (Wildman–Crippen LogP) is 2.89. The second-order valence-electron chi connectivity index (χ2n) is 4.10. The summed E-state index contributed by atoms with van der Waals surface area (Å²) in [4.78, 5) is 12.2. The molecule has 0 radical (unpaired) electrons. The van der Waals surface area contributed by atoms with Crippen LogP contribution >= 0.6 is 12.6 Å². The number of carbonyl (C=O) groups is 1. The lowest BCUT2D eigenvalue weighted by atomic mass is 10.1. The van der Waals surface area contributed by atoms with E-state index >= 15 is 0 Å². The third-order valence-corrected chi connectivity index (χ3v) is 2.48. The summed E-state index contributed by atoms with van der Waals surface area (Å²) in [5.74, 6) is -0.379. The minimum Gasteiger partial charge on any atom is -0.352 e. The fourth-order valence-corrected chi connectivity index (χ4v) is 1.46. The van der Waals surface area contributed by atoms with Crippen molar-refractivity contribution in [2.75, 3.05) is 6.54 Å². The standard InChI is InChI=1S/C12H16FNOS/c1-8(2)5-6-14-12(15)10-7-9(16)3-4-11(10)13/h3-4,7-8,16H,5-6H2,1-2H3,(H,14,15). The number of benzene rings is 1. The molecule has 0 bridgehead atoms. The number of hydrogen-bond donors (Lipinski definition) is 2. The van der Waals surface area contributed by atoms with Gasteiger partial charge in [0.25, 0.3) is 5.91 Å². The first-order chi connectivity index (χ1) is 7.50. The molecule has 2 nitrogen and oxygen atoms in total. The third kappa shape index (κ3) is 3.85. The highest BCUT2D eigenvalue weighted by Gasteiger charge is 2.11. The van der Waals surface area contributed by atoms with Crippen LogP contribution in [0.5, 0.6) is 0 Å². The van der Waals surface area contributed by atoms with Crippen LogP contribution in [0.3, 0.4) is 0 Å². The van der Waals surface area contributed by atoms with Gasteiger partial charge >= 0.3 is 0 Å². The van der Waals surface area contributed by atoms with E-state index in [1.165, 1.54) is 18.2 Å². The lowest BCUT2D eigenvalue weighted by molar-refractivity contribution is 0.0947. The Bertz CT molecular complexity index is 379. The Morgan fingerprint density at radius 2 is 2.19 bits per heavy atom. The van der Waals surface area contributed by atoms with Crippen molar-refractivity contribution >= 4 is 18.5 Å². The molecule has 0 saturated carbocycles. The second kappa shape index (κ2) is 5.89. The van der Waals surface area contributed by atoms with Crippen LogP contribution < -0.4 is 5.32 Å². The number of thiol groups is 1. The molecule has 1 aromatic carbocycles. The predicted molar refractivity (Wildman–Crippen MR) is 65.4 cm³/mol. The van der Waals surface area contributed by atoms with Crippen molar-refractivity contribution in [3.05, 3.63) is 29.6 Å². The summed E-state index contributed by atoms with van der Waals surface area (Å²) in [5.41, 5.74) is 0.0521. The van der Waals surface area contributed by atoms with Crippen molar-refractivity contribution in [2.45, 2.75) is 25.2 Å². The molecule has 0 fully saturated rings. The molecule has 0 aliphatic carbocycles. The minimum atomic E-state index is -0.514. The first kappa shape index (κ1) is 13.0. The summed E-state index contributed by atoms with van der Waals surface area (Å²) in [6.45, 7) is 4.70. The van der Waals surface area contributed by atoms with Gasteiger partial charge in [-0.25, -0.2) is 4.39 Å². The van der Waals surface area contributed by atoms with Crippen molar-refractivity contribution < 1.29 is 9.18 Å². The molecule has 1 amide bonds. The summed E-state index contributed by atoms with van der Waals surface area (Å²) >= 11 is 4.07. The Labute approximate surface area is 101 Å². The van der Waals surface area contributed by atoms with Crippen molar-refractivity contribution in [2.24, 2.45) is 5.92 Å². The van der Waals surface area contributed by atoms with Gasteiger partial charge < -0.3 is 5.32 Å². The first-order valence-electron chi connectivity index (χ1n) is 5.27. The molecule has 0 atom stereocenters. The van der Waals surface area contributed by atoms with E-state index in [0.29, 0.717) is 17.4 Å². The maximum absolute atomic E-state index is 13.3. The fourth-order valence-electron chi connectivity index (χ4n) is 1.26. The van der Waals surface area contributed by atoms with E-state index in [1.54, 1.807) is 0 Å². The minimum absolute atomic E-state index is 0.0521. The van der Waals surface area contributed by atoms with Gasteiger partial charge in [-0.2, -0.15) is 0 Å². The highest BCUT2D eigenvalue weighted by atomic mass is 32.1. The molecule has 0 aromatic heterocycles. The SMILES string of the molecule is CC(C)CCNC(=O)c1cc(S)ccc1F. The van der Waals surface area contributed by atoms with Crippen LogP contribution in [-0.4, -0.2) is 12.5 Å². The molecule has 0 saturated heterocycles. The largest absolute Gasteiger partial charge is 0.352 e. The number of halogens is 1. The highest BCUT2D eigenvalue weighted by Crippen LogP contribution is 2.13. The zero-order valence-electron chi connectivity index (χ0n) is 9.46. The van der Waals surface area contributed by atoms with Crippen LogP contribution in [-0.2, 0) is 0 Å². The second-order valence-corrected chi connectivity index (χ2v) is 4.62. The molecular weight excluding hydrogens is 225 g/mol. The lowest BCUT2D eigenvalue weighted by Crippen LogP contribution is -2.26. The third-order valence-electron chi connectivity index (χ3n) is 2.20. The van der Waals surface area contributed by atoms with Crippen LogP contribution in [0.4, 0.5) is 4.39 Å². The first-order valence-corrected chi connectivity index (χ1v) is 5.72. The molecule has 0 spiro atoms. The van der Waals surface area contributed by atoms with Gasteiger partial charge in [0.05, 0.1) is 5.56 Å². The molecule has 0 aliphatic rings. The highest BCUT2D eigenvalue weighted by molar-refractivity contribution is 7.80. The average molecular weight is 241 g/mol. The molecule has 1 aromatic rings. The van der Waals surface area contributed by atoms with Crippen molar-refractivity contribution in [1.82, 2.24) is 5.32 Å². The monoisotopic (exact) mass is 241 g/mol. The number of nitrogens with one attached hydrogen (secondary N) is 1. The zero-order chi connectivity index (χ0) is 12.1. The Morgan fingerprint density at radius 3 is 2.81 bits per heavy atom. The van der Waals surface area contributed by atoms with Gasteiger partial charge in [-0.15, -0.1) is 12.6 Å². The molecule has 0 unspecified atom stereocenters. The average Bonchev–Trinajstić information content (AvgIpc) is 2.21. The van der Waals surface area contributed by atoms with E-state index in [1.807, 2.05) is 0 Å². The Hall–Kier alpha value is -1.03. The summed E-state index contributed by atoms with van der Waals surface area (Å²) in [5, 5.41) is 2.69. The van der Waals surface area contributed by atoms with Gasteiger partial charge in [0.15, 0.2) is 0 Å². The van der Waals surface area contributed by atoms with Gasteiger partial charge in [-0.3, -0.25) is 4.79 Å². The Balaban J connectivity index is 2.62. The fraction of sp³-hybridized carbons (Fsp3) is 0.417. The summed E-state index contributed by atoms with van der Waals surface area (Å²) in [6, 6.07) is 4.20. The Morgan fingerprint density at radius 1 is 1.50 bits per heavy atom. The molecule has 0 heterocycles. The van der Waals surface area contributed by atoms with Crippen LogP contribution in [0, 0.1) is 11.7 Å². The van der Waals surface area contributed by atoms with Crippen molar-refractivity contribution in [3.63, 3.8) is 0 Å². The molecule has 88 valence electrons. The maximum atomic E-state index is 13.3. The number of carbonyl (C=O) groups excluding carboxylic acids is 1. The lowest BCUT2D eigenvalue weighted by Gasteiger charge is -2.08. The smallest absolute Gasteiger partial charge is 0.254 e. The summed E-state index contributed by atoms with van der Waals surface area (Å²) in [6.07, 6.45) is 0.883. The molecular formula is C12H16FNOS. The van der Waals surface area contributed by atoms with E-state index < -0.39 is 5.82 Å².